The number of carbonyl (C=O) groups is 1. The van der Waals surface area contributed by atoms with E-state index in [0.29, 0.717) is 24.7 Å². The monoisotopic (exact) mass is 289 g/mol. The normalized spacial score (nSPS) is 17.5. The summed E-state index contributed by atoms with van der Waals surface area (Å²) in [6, 6.07) is 0. The quantitative estimate of drug-likeness (QED) is 0.799. The molecule has 0 bridgehead atoms. The molecule has 0 aliphatic heterocycles. The van der Waals surface area contributed by atoms with Gasteiger partial charge < -0.3 is 14.8 Å². The van der Waals surface area contributed by atoms with E-state index < -0.39 is 0 Å². The van der Waals surface area contributed by atoms with Crippen molar-refractivity contribution < 1.29 is 9.32 Å². The van der Waals surface area contributed by atoms with Gasteiger partial charge in [-0.3, -0.25) is 4.79 Å². The molecule has 1 amide bonds. The van der Waals surface area contributed by atoms with E-state index in [4.69, 9.17) is 4.52 Å². The van der Waals surface area contributed by atoms with Gasteiger partial charge in [0.2, 0.25) is 11.8 Å². The summed E-state index contributed by atoms with van der Waals surface area (Å²) >= 11 is 0. The van der Waals surface area contributed by atoms with Gasteiger partial charge in [0.1, 0.15) is 0 Å². The number of nitrogens with one attached hydrogen (secondary N) is 2. The minimum Gasteiger partial charge on any atom is -0.356 e. The fraction of sp³-hybridized carbons (Fsp3) is 0.571. The first-order chi connectivity index (χ1) is 10.2. The van der Waals surface area contributed by atoms with Crippen molar-refractivity contribution in [3.63, 3.8) is 0 Å². The van der Waals surface area contributed by atoms with E-state index in [0.717, 1.165) is 37.1 Å². The van der Waals surface area contributed by atoms with Gasteiger partial charge in [-0.2, -0.15) is 4.98 Å². The van der Waals surface area contributed by atoms with Crippen molar-refractivity contribution in [2.75, 3.05) is 6.54 Å². The Hall–Kier alpha value is -2.18. The van der Waals surface area contributed by atoms with Crippen molar-refractivity contribution >= 4 is 5.91 Å². The topological polar surface area (TPSA) is 96.7 Å². The van der Waals surface area contributed by atoms with Gasteiger partial charge >= 0.3 is 0 Å². The van der Waals surface area contributed by atoms with E-state index >= 15 is 0 Å². The number of carbonyl (C=O) groups excluding carboxylic acids is 1. The minimum absolute atomic E-state index is 0.0450. The maximum Gasteiger partial charge on any atom is 0.226 e. The minimum atomic E-state index is 0.0450. The number of nitrogens with zero attached hydrogens (tertiary/aromatic N) is 3. The molecule has 0 unspecified atom stereocenters. The Morgan fingerprint density at radius 3 is 3.29 bits per heavy atom. The lowest BCUT2D eigenvalue weighted by Crippen LogP contribution is -2.34. The summed E-state index contributed by atoms with van der Waals surface area (Å²) in [5, 5.41) is 6.73. The molecule has 0 saturated carbocycles. The average molecular weight is 289 g/mol. The molecule has 1 aliphatic carbocycles. The van der Waals surface area contributed by atoms with Crippen LogP contribution in [0.4, 0.5) is 0 Å². The first kappa shape index (κ1) is 13.8. The van der Waals surface area contributed by atoms with Gasteiger partial charge in [0, 0.05) is 31.0 Å². The molecule has 21 heavy (non-hydrogen) atoms. The number of aryl methyl sites for hydroxylation is 3. The average Bonchev–Trinajstić information content (AvgIpc) is 3.11. The molecular formula is C14H19N5O2. The van der Waals surface area contributed by atoms with Crippen LogP contribution < -0.4 is 5.32 Å². The molecule has 7 nitrogen and oxygen atoms in total. The zero-order valence-corrected chi connectivity index (χ0v) is 12.1. The van der Waals surface area contributed by atoms with Gasteiger partial charge in [0.25, 0.3) is 0 Å². The number of H-pyrrole nitrogens is 1. The lowest BCUT2D eigenvalue weighted by molar-refractivity contribution is -0.125. The first-order valence-electron chi connectivity index (χ1n) is 7.30. The Bertz CT molecular complexity index is 618. The maximum atomic E-state index is 12.1. The zero-order valence-electron chi connectivity index (χ0n) is 12.1. The van der Waals surface area contributed by atoms with Crippen molar-refractivity contribution in [3.05, 3.63) is 29.4 Å². The number of hydrogen-bond acceptors (Lipinski definition) is 5. The van der Waals surface area contributed by atoms with E-state index in [1.807, 2.05) is 0 Å². The highest BCUT2D eigenvalue weighted by molar-refractivity contribution is 5.79. The van der Waals surface area contributed by atoms with Crippen molar-refractivity contribution in [2.45, 2.75) is 39.0 Å². The largest absolute Gasteiger partial charge is 0.356 e. The van der Waals surface area contributed by atoms with Crippen molar-refractivity contribution in [1.29, 1.82) is 0 Å². The van der Waals surface area contributed by atoms with Crippen LogP contribution >= 0.6 is 0 Å². The van der Waals surface area contributed by atoms with Crippen LogP contribution in [0.2, 0.25) is 0 Å². The standard InChI is InChI=1S/C14H19N5O2/c1-9-18-13(21-19-9)3-2-6-15-14(20)10-4-5-11-12(7-10)17-8-16-11/h8,10H,2-7H2,1H3,(H,15,20)(H,16,17)/t10-/m1/s1. The third kappa shape index (κ3) is 3.29. The Labute approximate surface area is 122 Å². The predicted octanol–water partition coefficient (Wildman–Crippen LogP) is 0.955. The highest BCUT2D eigenvalue weighted by Gasteiger charge is 2.25. The Balaban J connectivity index is 1.41. The molecule has 2 aromatic heterocycles. The number of imidazole rings is 1. The Morgan fingerprint density at radius 1 is 1.57 bits per heavy atom. The maximum absolute atomic E-state index is 12.1. The number of rotatable bonds is 5. The Morgan fingerprint density at radius 2 is 2.48 bits per heavy atom. The second-order valence-electron chi connectivity index (χ2n) is 5.40. The molecule has 2 heterocycles. The number of aromatic amines is 1. The molecule has 0 radical (unpaired) electrons. The molecule has 0 spiro atoms. The fourth-order valence-electron chi connectivity index (χ4n) is 2.66. The van der Waals surface area contributed by atoms with E-state index in [1.165, 1.54) is 0 Å². The van der Waals surface area contributed by atoms with Gasteiger partial charge in [-0.1, -0.05) is 5.16 Å². The molecule has 1 aliphatic rings. The van der Waals surface area contributed by atoms with Crippen LogP contribution in [0.5, 0.6) is 0 Å². The third-order valence-corrected chi connectivity index (χ3v) is 3.79. The van der Waals surface area contributed by atoms with E-state index in [9.17, 15) is 4.79 Å². The van der Waals surface area contributed by atoms with Gasteiger partial charge in [0.05, 0.1) is 12.0 Å². The molecule has 7 heteroatoms. The molecule has 2 N–H and O–H groups in total. The van der Waals surface area contributed by atoms with Gasteiger partial charge in [-0.25, -0.2) is 4.98 Å². The molecule has 2 aromatic rings. The van der Waals surface area contributed by atoms with Gasteiger partial charge in [-0.15, -0.1) is 0 Å². The summed E-state index contributed by atoms with van der Waals surface area (Å²) < 4.78 is 5.03. The zero-order chi connectivity index (χ0) is 14.7. The lowest BCUT2D eigenvalue weighted by atomic mass is 9.89. The molecular weight excluding hydrogens is 270 g/mol. The van der Waals surface area contributed by atoms with Crippen LogP contribution in [-0.4, -0.2) is 32.6 Å². The van der Waals surface area contributed by atoms with Crippen molar-refractivity contribution in [2.24, 2.45) is 5.92 Å². The highest BCUT2D eigenvalue weighted by atomic mass is 16.5. The van der Waals surface area contributed by atoms with E-state index in [2.05, 4.69) is 25.4 Å². The number of hydrogen-bond donors (Lipinski definition) is 2. The number of aromatic nitrogens is 4. The van der Waals surface area contributed by atoms with Crippen molar-refractivity contribution in [1.82, 2.24) is 25.4 Å². The predicted molar refractivity (Wildman–Crippen MR) is 74.5 cm³/mol. The van der Waals surface area contributed by atoms with E-state index in [1.54, 1.807) is 13.3 Å². The molecule has 112 valence electrons. The molecule has 3 rings (SSSR count). The van der Waals surface area contributed by atoms with Crippen LogP contribution in [0.15, 0.2) is 10.9 Å². The van der Waals surface area contributed by atoms with Crippen molar-refractivity contribution in [3.8, 4) is 0 Å². The summed E-state index contributed by atoms with van der Waals surface area (Å²) in [5.74, 6) is 1.44. The van der Waals surface area contributed by atoms with E-state index in [-0.39, 0.29) is 11.8 Å². The summed E-state index contributed by atoms with van der Waals surface area (Å²) in [6.45, 7) is 2.42. The summed E-state index contributed by atoms with van der Waals surface area (Å²) in [7, 11) is 0. The van der Waals surface area contributed by atoms with Crippen LogP contribution in [0.1, 0.15) is 35.9 Å². The fourth-order valence-corrected chi connectivity index (χ4v) is 2.66. The van der Waals surface area contributed by atoms with Crippen LogP contribution in [-0.2, 0) is 24.1 Å². The lowest BCUT2D eigenvalue weighted by Gasteiger charge is -2.20. The summed E-state index contributed by atoms with van der Waals surface area (Å²) in [5.41, 5.74) is 2.20. The number of fused-ring (bicyclic) bond motifs is 1. The van der Waals surface area contributed by atoms with Crippen LogP contribution in [0.25, 0.3) is 0 Å². The molecule has 0 fully saturated rings. The van der Waals surface area contributed by atoms with Crippen LogP contribution in [0, 0.1) is 12.8 Å². The summed E-state index contributed by atoms with van der Waals surface area (Å²) in [4.78, 5) is 23.6. The van der Waals surface area contributed by atoms with Gasteiger partial charge in [-0.05, 0) is 26.2 Å². The number of amides is 1. The summed E-state index contributed by atoms with van der Waals surface area (Å²) in [6.07, 6.45) is 5.69. The first-order valence-corrected chi connectivity index (χ1v) is 7.30. The van der Waals surface area contributed by atoms with Gasteiger partial charge in [0.15, 0.2) is 5.82 Å². The molecule has 0 aromatic carbocycles. The third-order valence-electron chi connectivity index (χ3n) is 3.79. The molecule has 0 saturated heterocycles. The highest BCUT2D eigenvalue weighted by Crippen LogP contribution is 2.22. The molecule has 1 atom stereocenters. The SMILES string of the molecule is Cc1noc(CCCNC(=O)[C@@H]2CCc3nc[nH]c3C2)n1. The smallest absolute Gasteiger partial charge is 0.226 e. The van der Waals surface area contributed by atoms with Crippen LogP contribution in [0.3, 0.4) is 0 Å². The second kappa shape index (κ2) is 6.07. The second-order valence-corrected chi connectivity index (χ2v) is 5.40. The Kier molecular flexibility index (Phi) is 3.98.